The van der Waals surface area contributed by atoms with Crippen LogP contribution in [0.25, 0.3) is 0 Å². The van der Waals surface area contributed by atoms with Gasteiger partial charge in [-0.1, -0.05) is 0 Å². The molecule has 1 atom stereocenters. The van der Waals surface area contributed by atoms with Crippen LogP contribution in [0.4, 0.5) is 0 Å². The Hall–Kier alpha value is -0.610. The van der Waals surface area contributed by atoms with E-state index in [1.807, 2.05) is 0 Å². The molecule has 1 unspecified atom stereocenters. The largest absolute Gasteiger partial charge is 0.352 e. The number of carbonyl (C=O) groups is 1. The van der Waals surface area contributed by atoms with Crippen molar-refractivity contribution in [2.75, 3.05) is 26.2 Å². The van der Waals surface area contributed by atoms with E-state index in [0.29, 0.717) is 18.3 Å². The summed E-state index contributed by atoms with van der Waals surface area (Å²) < 4.78 is 0. The van der Waals surface area contributed by atoms with Crippen LogP contribution in [0.5, 0.6) is 0 Å². The maximum absolute atomic E-state index is 12.1. The minimum atomic E-state index is 0.243. The number of amides is 1. The molecule has 1 amide bonds. The first-order chi connectivity index (χ1) is 9.67. The molecule has 2 aliphatic rings. The fourth-order valence-electron chi connectivity index (χ4n) is 3.67. The number of nitrogens with two attached hydrogens (primary N) is 1. The minimum Gasteiger partial charge on any atom is -0.352 e. The molecule has 4 heteroatoms. The van der Waals surface area contributed by atoms with Crippen LogP contribution in [-0.2, 0) is 4.79 Å². The van der Waals surface area contributed by atoms with Crippen LogP contribution in [0.3, 0.4) is 0 Å². The van der Waals surface area contributed by atoms with Crippen LogP contribution in [-0.4, -0.2) is 43.0 Å². The number of nitrogens with zero attached hydrogens (tertiary/aromatic N) is 1. The van der Waals surface area contributed by atoms with E-state index < -0.39 is 0 Å². The van der Waals surface area contributed by atoms with E-state index in [1.54, 1.807) is 0 Å². The molecule has 0 radical (unpaired) electrons. The highest BCUT2D eigenvalue weighted by atomic mass is 16.1. The molecule has 1 saturated carbocycles. The highest BCUT2D eigenvalue weighted by molar-refractivity contribution is 5.76. The summed E-state index contributed by atoms with van der Waals surface area (Å²) in [5.74, 6) is 1.52. The van der Waals surface area contributed by atoms with Crippen molar-refractivity contribution in [1.82, 2.24) is 10.2 Å². The molecule has 1 saturated heterocycles. The molecule has 0 aromatic rings. The second kappa shape index (κ2) is 7.99. The van der Waals surface area contributed by atoms with Crippen molar-refractivity contribution in [3.05, 3.63) is 0 Å². The van der Waals surface area contributed by atoms with Crippen molar-refractivity contribution >= 4 is 5.91 Å². The van der Waals surface area contributed by atoms with Gasteiger partial charge in [0, 0.05) is 19.0 Å². The summed E-state index contributed by atoms with van der Waals surface area (Å²) >= 11 is 0. The number of nitrogens with one attached hydrogen (secondary N) is 1. The molecule has 3 N–H and O–H groups in total. The van der Waals surface area contributed by atoms with Gasteiger partial charge < -0.3 is 16.0 Å². The first-order valence-corrected chi connectivity index (χ1v) is 8.39. The van der Waals surface area contributed by atoms with Crippen molar-refractivity contribution in [2.45, 2.75) is 57.9 Å². The van der Waals surface area contributed by atoms with E-state index in [0.717, 1.165) is 13.1 Å². The molecule has 20 heavy (non-hydrogen) atoms. The van der Waals surface area contributed by atoms with Crippen molar-refractivity contribution < 1.29 is 4.79 Å². The second-order valence-electron chi connectivity index (χ2n) is 6.80. The lowest BCUT2D eigenvalue weighted by molar-refractivity contribution is -0.123. The van der Waals surface area contributed by atoms with Crippen molar-refractivity contribution in [3.63, 3.8) is 0 Å². The molecular formula is C16H31N3O. The summed E-state index contributed by atoms with van der Waals surface area (Å²) in [6, 6.07) is 0.279. The number of hydrogen-bond donors (Lipinski definition) is 2. The van der Waals surface area contributed by atoms with Crippen LogP contribution in [0.1, 0.15) is 51.9 Å². The lowest BCUT2D eigenvalue weighted by atomic mass is 9.80. The van der Waals surface area contributed by atoms with Crippen LogP contribution in [0.15, 0.2) is 0 Å². The van der Waals surface area contributed by atoms with E-state index >= 15 is 0 Å². The fraction of sp³-hybridized carbons (Fsp3) is 0.938. The first kappa shape index (κ1) is 15.8. The van der Waals surface area contributed by atoms with E-state index in [1.165, 1.54) is 51.6 Å². The maximum Gasteiger partial charge on any atom is 0.220 e. The first-order valence-electron chi connectivity index (χ1n) is 8.39. The van der Waals surface area contributed by atoms with Gasteiger partial charge in [0.05, 0.1) is 0 Å². The van der Waals surface area contributed by atoms with E-state index in [-0.39, 0.29) is 11.9 Å². The van der Waals surface area contributed by atoms with Gasteiger partial charge in [-0.25, -0.2) is 0 Å². The summed E-state index contributed by atoms with van der Waals surface area (Å²) in [6.45, 7) is 6.34. The number of carbonyl (C=O) groups excluding carboxylic acids is 1. The molecule has 0 aromatic heterocycles. The Morgan fingerprint density at radius 3 is 2.40 bits per heavy atom. The van der Waals surface area contributed by atoms with Gasteiger partial charge in [-0.05, 0) is 76.9 Å². The van der Waals surface area contributed by atoms with Gasteiger partial charge in [-0.2, -0.15) is 0 Å². The molecule has 1 aliphatic heterocycles. The Morgan fingerprint density at radius 1 is 1.20 bits per heavy atom. The topological polar surface area (TPSA) is 58.4 Å². The zero-order chi connectivity index (χ0) is 14.4. The van der Waals surface area contributed by atoms with Gasteiger partial charge in [-0.3, -0.25) is 4.79 Å². The van der Waals surface area contributed by atoms with Gasteiger partial charge >= 0.3 is 0 Å². The highest BCUT2D eigenvalue weighted by Gasteiger charge is 2.23. The van der Waals surface area contributed by atoms with Gasteiger partial charge in [-0.15, -0.1) is 0 Å². The molecule has 1 aliphatic carbocycles. The Morgan fingerprint density at radius 2 is 1.80 bits per heavy atom. The lowest BCUT2D eigenvalue weighted by Crippen LogP contribution is -2.41. The molecule has 2 fully saturated rings. The van der Waals surface area contributed by atoms with E-state index in [4.69, 9.17) is 5.73 Å². The second-order valence-corrected chi connectivity index (χ2v) is 6.80. The van der Waals surface area contributed by atoms with Gasteiger partial charge in [0.15, 0.2) is 0 Å². The minimum absolute atomic E-state index is 0.243. The van der Waals surface area contributed by atoms with Crippen LogP contribution >= 0.6 is 0 Å². The fourth-order valence-corrected chi connectivity index (χ4v) is 3.67. The van der Waals surface area contributed by atoms with Gasteiger partial charge in [0.25, 0.3) is 0 Å². The van der Waals surface area contributed by atoms with Crippen molar-refractivity contribution in [1.29, 1.82) is 0 Å². The Balaban J connectivity index is 1.62. The number of likely N-dealkylation sites (tertiary alicyclic amines) is 1. The van der Waals surface area contributed by atoms with Crippen LogP contribution < -0.4 is 11.1 Å². The van der Waals surface area contributed by atoms with E-state index in [9.17, 15) is 4.79 Å². The van der Waals surface area contributed by atoms with Crippen LogP contribution in [0, 0.1) is 11.8 Å². The Labute approximate surface area is 123 Å². The summed E-state index contributed by atoms with van der Waals surface area (Å²) in [5.41, 5.74) is 5.71. The molecule has 0 aromatic carbocycles. The molecule has 0 spiro atoms. The van der Waals surface area contributed by atoms with Crippen LogP contribution in [0.2, 0.25) is 0 Å². The summed E-state index contributed by atoms with van der Waals surface area (Å²) in [7, 11) is 0. The Kier molecular flexibility index (Phi) is 6.30. The molecule has 116 valence electrons. The molecule has 1 heterocycles. The standard InChI is InChI=1S/C16H31N3O/c1-13(12-19-8-2-3-9-19)18-16(20)10-14-4-6-15(11-17)7-5-14/h13-15H,2-12,17H2,1H3,(H,18,20). The smallest absolute Gasteiger partial charge is 0.220 e. The summed E-state index contributed by atoms with van der Waals surface area (Å²) in [5, 5.41) is 3.17. The summed E-state index contributed by atoms with van der Waals surface area (Å²) in [4.78, 5) is 14.5. The average Bonchev–Trinajstić information content (AvgIpc) is 2.92. The number of rotatable bonds is 6. The molecular weight excluding hydrogens is 250 g/mol. The molecule has 0 bridgehead atoms. The third-order valence-corrected chi connectivity index (χ3v) is 4.91. The third-order valence-electron chi connectivity index (χ3n) is 4.91. The predicted molar refractivity (Wildman–Crippen MR) is 82.4 cm³/mol. The lowest BCUT2D eigenvalue weighted by Gasteiger charge is -2.28. The number of hydrogen-bond acceptors (Lipinski definition) is 3. The SMILES string of the molecule is CC(CN1CCCC1)NC(=O)CC1CCC(CN)CC1. The predicted octanol–water partition coefficient (Wildman–Crippen LogP) is 1.74. The molecule has 4 nitrogen and oxygen atoms in total. The Bertz CT molecular complexity index is 294. The highest BCUT2D eigenvalue weighted by Crippen LogP contribution is 2.30. The third kappa shape index (κ3) is 5.06. The quantitative estimate of drug-likeness (QED) is 0.780. The van der Waals surface area contributed by atoms with Gasteiger partial charge in [0.1, 0.15) is 0 Å². The molecule has 2 rings (SSSR count). The van der Waals surface area contributed by atoms with Crippen molar-refractivity contribution in [2.24, 2.45) is 17.6 Å². The summed E-state index contributed by atoms with van der Waals surface area (Å²) in [6.07, 6.45) is 8.10. The maximum atomic E-state index is 12.1. The normalized spacial score (nSPS) is 29.3. The van der Waals surface area contributed by atoms with E-state index in [2.05, 4.69) is 17.1 Å². The van der Waals surface area contributed by atoms with Crippen molar-refractivity contribution in [3.8, 4) is 0 Å². The van der Waals surface area contributed by atoms with Gasteiger partial charge in [0.2, 0.25) is 5.91 Å². The monoisotopic (exact) mass is 281 g/mol. The zero-order valence-corrected chi connectivity index (χ0v) is 12.9. The zero-order valence-electron chi connectivity index (χ0n) is 12.9. The average molecular weight is 281 g/mol.